The molecule has 0 heterocycles. The molecule has 0 spiro atoms. The third kappa shape index (κ3) is 3.08. The molecule has 3 atom stereocenters. The molecule has 0 aliphatic heterocycles. The summed E-state index contributed by atoms with van der Waals surface area (Å²) in [6, 6.07) is 14.4. The van der Waals surface area contributed by atoms with Crippen molar-refractivity contribution in [2.45, 2.75) is 39.0 Å². The Hall–Kier alpha value is -2.16. The van der Waals surface area contributed by atoms with Gasteiger partial charge in [-0.25, -0.2) is 4.79 Å². The lowest BCUT2D eigenvalue weighted by Crippen LogP contribution is -2.16. The predicted octanol–water partition coefficient (Wildman–Crippen LogP) is 4.93. The van der Waals surface area contributed by atoms with Crippen molar-refractivity contribution in [1.29, 1.82) is 0 Å². The second-order valence-corrected chi connectivity index (χ2v) is 7.34. The normalized spacial score (nSPS) is 26.0. The average molecular weight is 321 g/mol. The highest BCUT2D eigenvalue weighted by Gasteiger charge is 2.40. The first kappa shape index (κ1) is 15.4. The smallest absolute Gasteiger partial charge is 0.318 e. The molecule has 0 amide bonds. The maximum Gasteiger partial charge on any atom is 0.335 e. The molecule has 4 rings (SSSR count). The summed E-state index contributed by atoms with van der Waals surface area (Å²) >= 11 is 0. The fourth-order valence-electron chi connectivity index (χ4n) is 4.46. The Morgan fingerprint density at radius 2 is 1.96 bits per heavy atom. The Balaban J connectivity index is 1.39. The highest BCUT2D eigenvalue weighted by Crippen LogP contribution is 2.49. The summed E-state index contributed by atoms with van der Waals surface area (Å²) in [6.07, 6.45) is 5.69. The minimum atomic E-state index is -0.187. The highest BCUT2D eigenvalue weighted by atomic mass is 16.7. The number of oxime groups is 1. The summed E-state index contributed by atoms with van der Waals surface area (Å²) < 4.78 is 0. The van der Waals surface area contributed by atoms with Gasteiger partial charge in [0.25, 0.3) is 0 Å². The summed E-state index contributed by atoms with van der Waals surface area (Å²) in [5.41, 5.74) is 1.73. The number of hydrogen-bond donors (Lipinski definition) is 0. The molecule has 2 aliphatic rings. The molecule has 2 aromatic rings. The van der Waals surface area contributed by atoms with Crippen molar-refractivity contribution < 1.29 is 9.63 Å². The molecule has 124 valence electrons. The molecule has 3 nitrogen and oxygen atoms in total. The second kappa shape index (κ2) is 6.39. The fraction of sp³-hybridized carbons (Fsp3) is 0.429. The fourth-order valence-corrected chi connectivity index (χ4v) is 4.46. The van der Waals surface area contributed by atoms with E-state index in [0.717, 1.165) is 28.5 Å². The first-order chi connectivity index (χ1) is 11.7. The van der Waals surface area contributed by atoms with Gasteiger partial charge in [0, 0.05) is 0 Å². The first-order valence-corrected chi connectivity index (χ1v) is 8.92. The van der Waals surface area contributed by atoms with Gasteiger partial charge < -0.3 is 4.84 Å². The molecular weight excluding hydrogens is 298 g/mol. The van der Waals surface area contributed by atoms with Crippen molar-refractivity contribution in [3.63, 3.8) is 0 Å². The van der Waals surface area contributed by atoms with Crippen LogP contribution in [-0.4, -0.2) is 11.7 Å². The second-order valence-electron chi connectivity index (χ2n) is 7.34. The third-order valence-electron chi connectivity index (χ3n) is 5.77. The van der Waals surface area contributed by atoms with E-state index >= 15 is 0 Å². The average Bonchev–Trinajstić information content (AvgIpc) is 3.22. The highest BCUT2D eigenvalue weighted by molar-refractivity contribution is 6.01. The van der Waals surface area contributed by atoms with Crippen LogP contribution in [0, 0.1) is 17.8 Å². The summed E-state index contributed by atoms with van der Waals surface area (Å²) in [6.45, 7) is 1.88. The van der Waals surface area contributed by atoms with Gasteiger partial charge in [-0.05, 0) is 66.3 Å². The Labute approximate surface area is 142 Å². The Morgan fingerprint density at radius 3 is 2.71 bits per heavy atom. The van der Waals surface area contributed by atoms with Crippen molar-refractivity contribution in [3.8, 4) is 0 Å². The van der Waals surface area contributed by atoms with Gasteiger partial charge in [-0.15, -0.1) is 0 Å². The van der Waals surface area contributed by atoms with Gasteiger partial charge in [0.15, 0.2) is 0 Å². The molecule has 0 radical (unpaired) electrons. The molecule has 2 saturated carbocycles. The number of hydrogen-bond acceptors (Lipinski definition) is 3. The van der Waals surface area contributed by atoms with E-state index < -0.39 is 0 Å². The maximum atomic E-state index is 12.1. The van der Waals surface area contributed by atoms with Crippen molar-refractivity contribution in [3.05, 3.63) is 48.0 Å². The van der Waals surface area contributed by atoms with Gasteiger partial charge in [0.1, 0.15) is 0 Å². The van der Waals surface area contributed by atoms with Crippen LogP contribution in [0.4, 0.5) is 0 Å². The zero-order valence-corrected chi connectivity index (χ0v) is 14.1. The molecule has 0 N–H and O–H groups in total. The topological polar surface area (TPSA) is 38.7 Å². The zero-order chi connectivity index (χ0) is 16.5. The predicted molar refractivity (Wildman–Crippen MR) is 95.8 cm³/mol. The number of fused-ring (bicyclic) bond motifs is 3. The van der Waals surface area contributed by atoms with E-state index in [4.69, 9.17) is 4.84 Å². The number of nitrogens with zero attached hydrogens (tertiary/aromatic N) is 1. The summed E-state index contributed by atoms with van der Waals surface area (Å²) in [7, 11) is 0. The molecule has 2 bridgehead atoms. The lowest BCUT2D eigenvalue weighted by atomic mass is 9.86. The molecule has 2 aromatic carbocycles. The van der Waals surface area contributed by atoms with Gasteiger partial charge in [-0.3, -0.25) is 0 Å². The van der Waals surface area contributed by atoms with Crippen LogP contribution in [0.5, 0.6) is 0 Å². The van der Waals surface area contributed by atoms with Gasteiger partial charge in [-0.2, -0.15) is 0 Å². The number of carbonyl (C=O) groups excluding carboxylic acids is 1. The summed E-state index contributed by atoms with van der Waals surface area (Å²) in [5, 5.41) is 6.43. The van der Waals surface area contributed by atoms with Crippen molar-refractivity contribution in [2.24, 2.45) is 22.9 Å². The van der Waals surface area contributed by atoms with E-state index in [9.17, 15) is 4.79 Å². The largest absolute Gasteiger partial charge is 0.335 e. The van der Waals surface area contributed by atoms with E-state index in [0.29, 0.717) is 12.3 Å². The number of rotatable bonds is 4. The monoisotopic (exact) mass is 321 g/mol. The van der Waals surface area contributed by atoms with E-state index in [-0.39, 0.29) is 5.97 Å². The standard InChI is InChI=1S/C21H23NO2/c1-14(17-9-8-16-4-2-3-5-18(16)12-17)22-24-21(23)13-20-11-15-6-7-19(20)10-15/h2-5,8-9,12,15,19-20H,6-7,10-11,13H2,1H3/b22-14+. The molecule has 3 heteroatoms. The molecule has 2 aliphatic carbocycles. The van der Waals surface area contributed by atoms with Crippen LogP contribution in [0.15, 0.2) is 47.6 Å². The third-order valence-corrected chi connectivity index (χ3v) is 5.77. The Bertz CT molecular complexity index is 795. The zero-order valence-electron chi connectivity index (χ0n) is 14.1. The Kier molecular flexibility index (Phi) is 4.09. The van der Waals surface area contributed by atoms with Crippen LogP contribution >= 0.6 is 0 Å². The van der Waals surface area contributed by atoms with Gasteiger partial charge in [-0.1, -0.05) is 48.0 Å². The van der Waals surface area contributed by atoms with Crippen molar-refractivity contribution >= 4 is 22.5 Å². The summed E-state index contributed by atoms with van der Waals surface area (Å²) in [4.78, 5) is 17.3. The number of carbonyl (C=O) groups is 1. The van der Waals surface area contributed by atoms with Crippen LogP contribution in [-0.2, 0) is 9.63 Å². The van der Waals surface area contributed by atoms with E-state index in [1.807, 2.05) is 25.1 Å². The molecule has 0 saturated heterocycles. The van der Waals surface area contributed by atoms with Crippen LogP contribution in [0.25, 0.3) is 10.8 Å². The summed E-state index contributed by atoms with van der Waals surface area (Å²) in [5.74, 6) is 1.93. The van der Waals surface area contributed by atoms with E-state index in [2.05, 4.69) is 29.4 Å². The minimum absolute atomic E-state index is 0.187. The molecule has 24 heavy (non-hydrogen) atoms. The molecule has 2 fully saturated rings. The van der Waals surface area contributed by atoms with Crippen molar-refractivity contribution in [2.75, 3.05) is 0 Å². The van der Waals surface area contributed by atoms with Crippen LogP contribution < -0.4 is 0 Å². The molecular formula is C21H23NO2. The maximum absolute atomic E-state index is 12.1. The lowest BCUT2D eigenvalue weighted by molar-refractivity contribution is -0.145. The van der Waals surface area contributed by atoms with E-state index in [1.54, 1.807) is 0 Å². The quantitative estimate of drug-likeness (QED) is 0.455. The van der Waals surface area contributed by atoms with Gasteiger partial charge in [0.2, 0.25) is 0 Å². The number of benzene rings is 2. The van der Waals surface area contributed by atoms with Gasteiger partial charge >= 0.3 is 5.97 Å². The van der Waals surface area contributed by atoms with Crippen molar-refractivity contribution in [1.82, 2.24) is 0 Å². The SMILES string of the molecule is C/C(=N\OC(=O)CC1CC2CCC1C2)c1ccc2ccccc2c1. The molecule has 3 unspecified atom stereocenters. The Morgan fingerprint density at radius 1 is 1.12 bits per heavy atom. The van der Waals surface area contributed by atoms with Crippen LogP contribution in [0.2, 0.25) is 0 Å². The molecule has 0 aromatic heterocycles. The van der Waals surface area contributed by atoms with E-state index in [1.165, 1.54) is 31.1 Å². The van der Waals surface area contributed by atoms with Crippen LogP contribution in [0.3, 0.4) is 0 Å². The first-order valence-electron chi connectivity index (χ1n) is 8.92. The van der Waals surface area contributed by atoms with Gasteiger partial charge in [0.05, 0.1) is 12.1 Å². The minimum Gasteiger partial charge on any atom is -0.318 e. The lowest BCUT2D eigenvalue weighted by Gasteiger charge is -2.19. The van der Waals surface area contributed by atoms with Crippen LogP contribution in [0.1, 0.15) is 44.6 Å².